The molecule has 1 saturated heterocycles. The topological polar surface area (TPSA) is 126 Å². The SMILES string of the molecule is OC[C@H]1O[C@@H](n2cnc3c(Nc4ccc(Br)cc4)ncnc32)[C@H](O)[C@@H]1O. The number of aliphatic hydroxyl groups excluding tert-OH is 3. The Morgan fingerprint density at radius 3 is 2.58 bits per heavy atom. The highest BCUT2D eigenvalue weighted by atomic mass is 79.9. The minimum atomic E-state index is -1.21. The predicted octanol–water partition coefficient (Wildman–Crippen LogP) is 0.944. The Balaban J connectivity index is 1.68. The summed E-state index contributed by atoms with van der Waals surface area (Å²) in [4.78, 5) is 12.8. The first kappa shape index (κ1) is 17.3. The van der Waals surface area contributed by atoms with Crippen molar-refractivity contribution in [2.45, 2.75) is 24.5 Å². The van der Waals surface area contributed by atoms with Crippen LogP contribution in [0.1, 0.15) is 6.23 Å². The van der Waals surface area contributed by atoms with Gasteiger partial charge < -0.3 is 25.4 Å². The van der Waals surface area contributed by atoms with Crippen LogP contribution in [0.2, 0.25) is 0 Å². The van der Waals surface area contributed by atoms with E-state index in [1.807, 2.05) is 24.3 Å². The molecule has 26 heavy (non-hydrogen) atoms. The molecule has 3 heterocycles. The van der Waals surface area contributed by atoms with Crippen LogP contribution in [-0.4, -0.2) is 59.8 Å². The number of hydrogen-bond donors (Lipinski definition) is 4. The van der Waals surface area contributed by atoms with Gasteiger partial charge in [-0.15, -0.1) is 0 Å². The number of aliphatic hydroxyl groups is 3. The third-order valence-electron chi connectivity index (χ3n) is 4.26. The number of halogens is 1. The molecule has 1 fully saturated rings. The van der Waals surface area contributed by atoms with E-state index >= 15 is 0 Å². The molecule has 0 spiro atoms. The lowest BCUT2D eigenvalue weighted by atomic mass is 10.1. The minimum Gasteiger partial charge on any atom is -0.394 e. The summed E-state index contributed by atoms with van der Waals surface area (Å²) >= 11 is 3.39. The summed E-state index contributed by atoms with van der Waals surface area (Å²) in [5.41, 5.74) is 1.76. The molecule has 136 valence electrons. The molecule has 1 aliphatic heterocycles. The van der Waals surface area contributed by atoms with E-state index in [-0.39, 0.29) is 0 Å². The Hall–Kier alpha value is -2.11. The molecule has 0 aliphatic carbocycles. The molecule has 3 aromatic rings. The lowest BCUT2D eigenvalue weighted by Gasteiger charge is -2.16. The summed E-state index contributed by atoms with van der Waals surface area (Å²) in [5, 5.41) is 32.6. The van der Waals surface area contributed by atoms with Gasteiger partial charge in [-0.3, -0.25) is 4.57 Å². The van der Waals surface area contributed by atoms with E-state index < -0.39 is 31.1 Å². The van der Waals surface area contributed by atoms with Gasteiger partial charge in [-0.05, 0) is 24.3 Å². The summed E-state index contributed by atoms with van der Waals surface area (Å²) in [6.07, 6.45) is -1.32. The van der Waals surface area contributed by atoms with Gasteiger partial charge in [0.05, 0.1) is 12.9 Å². The Labute approximate surface area is 156 Å². The molecule has 4 N–H and O–H groups in total. The van der Waals surface area contributed by atoms with Crippen molar-refractivity contribution in [1.29, 1.82) is 0 Å². The van der Waals surface area contributed by atoms with Crippen LogP contribution >= 0.6 is 15.9 Å². The van der Waals surface area contributed by atoms with Gasteiger partial charge in [-0.2, -0.15) is 0 Å². The smallest absolute Gasteiger partial charge is 0.167 e. The number of imidazole rings is 1. The van der Waals surface area contributed by atoms with Gasteiger partial charge in [0.15, 0.2) is 23.2 Å². The van der Waals surface area contributed by atoms with Gasteiger partial charge in [0, 0.05) is 10.2 Å². The number of aromatic nitrogens is 4. The second kappa shape index (κ2) is 6.89. The fraction of sp³-hybridized carbons (Fsp3) is 0.312. The van der Waals surface area contributed by atoms with Crippen molar-refractivity contribution in [1.82, 2.24) is 19.5 Å². The quantitative estimate of drug-likeness (QED) is 0.490. The molecule has 0 unspecified atom stereocenters. The number of nitrogens with zero attached hydrogens (tertiary/aromatic N) is 4. The summed E-state index contributed by atoms with van der Waals surface area (Å²) < 4.78 is 8.03. The Kier molecular flexibility index (Phi) is 4.59. The average Bonchev–Trinajstić information content (AvgIpc) is 3.19. The number of anilines is 2. The normalized spacial score (nSPS) is 25.7. The van der Waals surface area contributed by atoms with Gasteiger partial charge in [0.1, 0.15) is 24.6 Å². The standard InChI is InChI=1S/C16H16BrN5O4/c17-8-1-3-9(4-2-8)21-14-11-15(19-6-18-14)22(7-20-11)16-13(25)12(24)10(5-23)26-16/h1-4,6-7,10,12-13,16,23-25H,5H2,(H,18,19,21)/t10-,12-,13-,16-/m1/s1. The van der Waals surface area contributed by atoms with Crippen LogP contribution in [0.4, 0.5) is 11.5 Å². The van der Waals surface area contributed by atoms with Crippen LogP contribution in [0.3, 0.4) is 0 Å². The third-order valence-corrected chi connectivity index (χ3v) is 4.79. The van der Waals surface area contributed by atoms with Crippen molar-refractivity contribution >= 4 is 38.6 Å². The van der Waals surface area contributed by atoms with E-state index in [1.54, 1.807) is 0 Å². The first-order valence-electron chi connectivity index (χ1n) is 7.91. The molecule has 0 radical (unpaired) electrons. The lowest BCUT2D eigenvalue weighted by Crippen LogP contribution is -2.33. The number of benzene rings is 1. The maximum Gasteiger partial charge on any atom is 0.167 e. The van der Waals surface area contributed by atoms with Crippen molar-refractivity contribution in [3.63, 3.8) is 0 Å². The highest BCUT2D eigenvalue weighted by Crippen LogP contribution is 2.32. The fourth-order valence-electron chi connectivity index (χ4n) is 2.91. The zero-order valence-corrected chi connectivity index (χ0v) is 15.0. The van der Waals surface area contributed by atoms with Crippen LogP contribution in [0.5, 0.6) is 0 Å². The van der Waals surface area contributed by atoms with Gasteiger partial charge in [-0.25, -0.2) is 15.0 Å². The van der Waals surface area contributed by atoms with Crippen molar-refractivity contribution in [2.24, 2.45) is 0 Å². The number of hydrogen-bond acceptors (Lipinski definition) is 8. The summed E-state index contributed by atoms with van der Waals surface area (Å²) in [7, 11) is 0. The number of ether oxygens (including phenoxy) is 1. The number of nitrogens with one attached hydrogen (secondary N) is 1. The third kappa shape index (κ3) is 2.95. The minimum absolute atomic E-state index is 0.396. The number of rotatable bonds is 4. The fourth-order valence-corrected chi connectivity index (χ4v) is 3.17. The van der Waals surface area contributed by atoms with Gasteiger partial charge in [-0.1, -0.05) is 15.9 Å². The molecule has 1 aromatic carbocycles. The largest absolute Gasteiger partial charge is 0.394 e. The Bertz CT molecular complexity index is 919. The molecule has 1 aliphatic rings. The summed E-state index contributed by atoms with van der Waals surface area (Å²) in [5.74, 6) is 0.503. The van der Waals surface area contributed by atoms with Gasteiger partial charge >= 0.3 is 0 Å². The first-order chi connectivity index (χ1) is 12.6. The van der Waals surface area contributed by atoms with E-state index in [2.05, 4.69) is 36.2 Å². The molecular formula is C16H16BrN5O4. The van der Waals surface area contributed by atoms with E-state index in [1.165, 1.54) is 17.2 Å². The van der Waals surface area contributed by atoms with Crippen LogP contribution in [0.25, 0.3) is 11.2 Å². The van der Waals surface area contributed by atoms with E-state index in [0.717, 1.165) is 10.2 Å². The van der Waals surface area contributed by atoms with Gasteiger partial charge in [0.25, 0.3) is 0 Å². The first-order valence-corrected chi connectivity index (χ1v) is 8.70. The average molecular weight is 422 g/mol. The van der Waals surface area contributed by atoms with Crippen LogP contribution in [0.15, 0.2) is 41.4 Å². The monoisotopic (exact) mass is 421 g/mol. The molecule has 2 aromatic heterocycles. The van der Waals surface area contributed by atoms with E-state index in [4.69, 9.17) is 4.74 Å². The molecule has 9 nitrogen and oxygen atoms in total. The number of fused-ring (bicyclic) bond motifs is 1. The molecule has 0 saturated carbocycles. The van der Waals surface area contributed by atoms with Crippen LogP contribution < -0.4 is 5.32 Å². The highest BCUT2D eigenvalue weighted by molar-refractivity contribution is 9.10. The zero-order chi connectivity index (χ0) is 18.3. The van der Waals surface area contributed by atoms with Crippen molar-refractivity contribution < 1.29 is 20.1 Å². The van der Waals surface area contributed by atoms with Gasteiger partial charge in [0.2, 0.25) is 0 Å². The molecule has 10 heteroatoms. The molecule has 4 rings (SSSR count). The molecule has 4 atom stereocenters. The second-order valence-electron chi connectivity index (χ2n) is 5.91. The summed E-state index contributed by atoms with van der Waals surface area (Å²) in [6, 6.07) is 7.58. The van der Waals surface area contributed by atoms with E-state index in [9.17, 15) is 15.3 Å². The predicted molar refractivity (Wildman–Crippen MR) is 95.8 cm³/mol. The molecule has 0 bridgehead atoms. The molecular weight excluding hydrogens is 406 g/mol. The maximum atomic E-state index is 10.2. The molecule has 0 amide bonds. The maximum absolute atomic E-state index is 10.2. The van der Waals surface area contributed by atoms with Crippen molar-refractivity contribution in [3.8, 4) is 0 Å². The highest BCUT2D eigenvalue weighted by Gasteiger charge is 2.44. The Morgan fingerprint density at radius 2 is 1.88 bits per heavy atom. The van der Waals surface area contributed by atoms with Crippen LogP contribution in [-0.2, 0) is 4.74 Å². The second-order valence-corrected chi connectivity index (χ2v) is 6.82. The van der Waals surface area contributed by atoms with Crippen molar-refractivity contribution in [3.05, 3.63) is 41.4 Å². The Morgan fingerprint density at radius 1 is 1.12 bits per heavy atom. The van der Waals surface area contributed by atoms with E-state index in [0.29, 0.717) is 17.0 Å². The lowest BCUT2D eigenvalue weighted by molar-refractivity contribution is -0.0511. The van der Waals surface area contributed by atoms with Crippen molar-refractivity contribution in [2.75, 3.05) is 11.9 Å². The van der Waals surface area contributed by atoms with Crippen LogP contribution in [0, 0.1) is 0 Å². The zero-order valence-electron chi connectivity index (χ0n) is 13.4. The summed E-state index contributed by atoms with van der Waals surface area (Å²) in [6.45, 7) is -0.396.